The van der Waals surface area contributed by atoms with Gasteiger partial charge >= 0.3 is 0 Å². The Balaban J connectivity index is 1.56. The second-order valence-corrected chi connectivity index (χ2v) is 6.66. The molecule has 1 saturated heterocycles. The van der Waals surface area contributed by atoms with Crippen molar-refractivity contribution in [2.24, 2.45) is 17.8 Å². The quantitative estimate of drug-likeness (QED) is 0.931. The predicted octanol–water partition coefficient (Wildman–Crippen LogP) is 2.39. The van der Waals surface area contributed by atoms with Crippen LogP contribution in [-0.4, -0.2) is 29.8 Å². The maximum absolute atomic E-state index is 12.5. The SMILES string of the molecule is CC1CCCN(C(=O)C2CC2C(=O)Nc2cccc(C#N)c2)C1. The number of nitriles is 1. The van der Waals surface area contributed by atoms with Crippen molar-refractivity contribution in [3.8, 4) is 6.07 Å². The fourth-order valence-corrected chi connectivity index (χ4v) is 3.28. The van der Waals surface area contributed by atoms with Gasteiger partial charge in [0, 0.05) is 18.8 Å². The average Bonchev–Trinajstić information content (AvgIpc) is 3.35. The smallest absolute Gasteiger partial charge is 0.228 e. The number of benzene rings is 1. The minimum Gasteiger partial charge on any atom is -0.342 e. The Kier molecular flexibility index (Phi) is 4.33. The molecule has 2 fully saturated rings. The maximum atomic E-state index is 12.5. The molecule has 5 nitrogen and oxygen atoms in total. The number of amides is 2. The molecule has 120 valence electrons. The molecule has 23 heavy (non-hydrogen) atoms. The molecule has 1 aromatic carbocycles. The highest BCUT2D eigenvalue weighted by Crippen LogP contribution is 2.41. The third-order valence-electron chi connectivity index (χ3n) is 4.67. The second kappa shape index (κ2) is 6.41. The number of hydrogen-bond acceptors (Lipinski definition) is 3. The highest BCUT2D eigenvalue weighted by molar-refractivity contribution is 5.99. The summed E-state index contributed by atoms with van der Waals surface area (Å²) < 4.78 is 0. The Morgan fingerprint density at radius 2 is 2.17 bits per heavy atom. The number of rotatable bonds is 3. The van der Waals surface area contributed by atoms with E-state index >= 15 is 0 Å². The highest BCUT2D eigenvalue weighted by atomic mass is 16.2. The Morgan fingerprint density at radius 1 is 1.35 bits per heavy atom. The predicted molar refractivity (Wildman–Crippen MR) is 86.4 cm³/mol. The van der Waals surface area contributed by atoms with E-state index in [4.69, 9.17) is 5.26 Å². The first kappa shape index (κ1) is 15.5. The Labute approximate surface area is 136 Å². The van der Waals surface area contributed by atoms with E-state index in [1.807, 2.05) is 11.0 Å². The van der Waals surface area contributed by atoms with Crippen molar-refractivity contribution < 1.29 is 9.59 Å². The minimum atomic E-state index is -0.231. The lowest BCUT2D eigenvalue weighted by atomic mass is 10.00. The molecule has 0 radical (unpaired) electrons. The molecule has 1 N–H and O–H groups in total. The van der Waals surface area contributed by atoms with Gasteiger partial charge in [-0.15, -0.1) is 0 Å². The van der Waals surface area contributed by atoms with E-state index in [0.29, 0.717) is 23.6 Å². The van der Waals surface area contributed by atoms with Crippen molar-refractivity contribution in [3.63, 3.8) is 0 Å². The molecular formula is C18H21N3O2. The van der Waals surface area contributed by atoms with Crippen LogP contribution in [0, 0.1) is 29.1 Å². The van der Waals surface area contributed by atoms with E-state index in [-0.39, 0.29) is 23.7 Å². The van der Waals surface area contributed by atoms with Gasteiger partial charge in [0.1, 0.15) is 0 Å². The molecule has 1 aliphatic carbocycles. The highest BCUT2D eigenvalue weighted by Gasteiger charge is 2.49. The average molecular weight is 311 g/mol. The number of nitrogens with one attached hydrogen (secondary N) is 1. The Morgan fingerprint density at radius 3 is 2.91 bits per heavy atom. The van der Waals surface area contributed by atoms with E-state index in [2.05, 4.69) is 12.2 Å². The van der Waals surface area contributed by atoms with Crippen LogP contribution in [0.25, 0.3) is 0 Å². The maximum Gasteiger partial charge on any atom is 0.228 e. The van der Waals surface area contributed by atoms with Crippen LogP contribution >= 0.6 is 0 Å². The van der Waals surface area contributed by atoms with Crippen LogP contribution < -0.4 is 5.32 Å². The van der Waals surface area contributed by atoms with E-state index in [1.54, 1.807) is 24.3 Å². The fourth-order valence-electron chi connectivity index (χ4n) is 3.28. The topological polar surface area (TPSA) is 73.2 Å². The molecule has 3 atom stereocenters. The summed E-state index contributed by atoms with van der Waals surface area (Å²) in [5, 5.41) is 11.7. The molecule has 1 aromatic rings. The molecule has 2 amide bonds. The zero-order valence-corrected chi connectivity index (χ0v) is 13.3. The van der Waals surface area contributed by atoms with Crippen molar-refractivity contribution in [1.29, 1.82) is 5.26 Å². The summed E-state index contributed by atoms with van der Waals surface area (Å²) in [5.74, 6) is 0.156. The number of carbonyl (C=O) groups excluding carboxylic acids is 2. The molecule has 3 unspecified atom stereocenters. The summed E-state index contributed by atoms with van der Waals surface area (Å²) in [7, 11) is 0. The monoisotopic (exact) mass is 311 g/mol. The van der Waals surface area contributed by atoms with Gasteiger partial charge in [-0.3, -0.25) is 9.59 Å². The molecular weight excluding hydrogens is 290 g/mol. The largest absolute Gasteiger partial charge is 0.342 e. The molecule has 1 saturated carbocycles. The Bertz CT molecular complexity index is 664. The van der Waals surface area contributed by atoms with Gasteiger partial charge in [-0.2, -0.15) is 5.26 Å². The first-order valence-electron chi connectivity index (χ1n) is 8.18. The van der Waals surface area contributed by atoms with E-state index < -0.39 is 0 Å². The van der Waals surface area contributed by atoms with Gasteiger partial charge in [0.15, 0.2) is 0 Å². The molecule has 0 spiro atoms. The molecule has 0 aromatic heterocycles. The molecule has 1 heterocycles. The zero-order chi connectivity index (χ0) is 16.4. The number of hydrogen-bond donors (Lipinski definition) is 1. The van der Waals surface area contributed by atoms with Crippen molar-refractivity contribution in [1.82, 2.24) is 4.90 Å². The number of nitrogens with zero attached hydrogens (tertiary/aromatic N) is 2. The summed E-state index contributed by atoms with van der Waals surface area (Å²) >= 11 is 0. The summed E-state index contributed by atoms with van der Waals surface area (Å²) in [5.41, 5.74) is 1.12. The van der Waals surface area contributed by atoms with Crippen LogP contribution in [0.1, 0.15) is 31.7 Å². The summed E-state index contributed by atoms with van der Waals surface area (Å²) in [6.07, 6.45) is 2.86. The normalized spacial score (nSPS) is 26.3. The van der Waals surface area contributed by atoms with Gasteiger partial charge in [-0.1, -0.05) is 13.0 Å². The molecule has 5 heteroatoms. The van der Waals surface area contributed by atoms with Gasteiger partial charge in [0.2, 0.25) is 11.8 Å². The van der Waals surface area contributed by atoms with Crippen molar-refractivity contribution in [3.05, 3.63) is 29.8 Å². The summed E-state index contributed by atoms with van der Waals surface area (Å²) in [6, 6.07) is 8.87. The van der Waals surface area contributed by atoms with E-state index in [1.165, 1.54) is 6.42 Å². The molecule has 3 rings (SSSR count). The molecule has 0 bridgehead atoms. The van der Waals surface area contributed by atoms with Gasteiger partial charge in [-0.25, -0.2) is 0 Å². The lowest BCUT2D eigenvalue weighted by Crippen LogP contribution is -2.40. The van der Waals surface area contributed by atoms with Gasteiger partial charge < -0.3 is 10.2 Å². The number of likely N-dealkylation sites (tertiary alicyclic amines) is 1. The number of anilines is 1. The van der Waals surface area contributed by atoms with Crippen LogP contribution in [0.2, 0.25) is 0 Å². The minimum absolute atomic E-state index is 0.122. The first-order valence-corrected chi connectivity index (χ1v) is 8.18. The van der Waals surface area contributed by atoms with Crippen molar-refractivity contribution >= 4 is 17.5 Å². The van der Waals surface area contributed by atoms with Crippen molar-refractivity contribution in [2.45, 2.75) is 26.2 Å². The van der Waals surface area contributed by atoms with Crippen LogP contribution in [0.4, 0.5) is 5.69 Å². The van der Waals surface area contributed by atoms with Crippen LogP contribution in [0.15, 0.2) is 24.3 Å². The first-order chi connectivity index (χ1) is 11.1. The van der Waals surface area contributed by atoms with Gasteiger partial charge in [-0.05, 0) is 43.4 Å². The van der Waals surface area contributed by atoms with Crippen LogP contribution in [0.5, 0.6) is 0 Å². The lowest BCUT2D eigenvalue weighted by Gasteiger charge is -2.31. The van der Waals surface area contributed by atoms with Gasteiger partial charge in [0.25, 0.3) is 0 Å². The second-order valence-electron chi connectivity index (χ2n) is 6.66. The summed E-state index contributed by atoms with van der Waals surface area (Å²) in [4.78, 5) is 26.7. The number of piperidine rings is 1. The van der Waals surface area contributed by atoms with Crippen molar-refractivity contribution in [2.75, 3.05) is 18.4 Å². The zero-order valence-electron chi connectivity index (χ0n) is 13.3. The Hall–Kier alpha value is -2.35. The van der Waals surface area contributed by atoms with E-state index in [9.17, 15) is 9.59 Å². The van der Waals surface area contributed by atoms with Gasteiger partial charge in [0.05, 0.1) is 23.5 Å². The van der Waals surface area contributed by atoms with Crippen LogP contribution in [0.3, 0.4) is 0 Å². The third-order valence-corrected chi connectivity index (χ3v) is 4.67. The van der Waals surface area contributed by atoms with E-state index in [0.717, 1.165) is 19.5 Å². The lowest BCUT2D eigenvalue weighted by molar-refractivity contribution is -0.135. The third kappa shape index (κ3) is 3.53. The van der Waals surface area contributed by atoms with Crippen LogP contribution in [-0.2, 0) is 9.59 Å². The fraction of sp³-hybridized carbons (Fsp3) is 0.500. The standard InChI is InChI=1S/C18H21N3O2/c1-12-4-3-7-21(11-12)18(23)16-9-15(16)17(22)20-14-6-2-5-13(8-14)10-19/h2,5-6,8,12,15-16H,3-4,7,9,11H2,1H3,(H,20,22). The summed E-state index contributed by atoms with van der Waals surface area (Å²) in [6.45, 7) is 3.80. The molecule has 2 aliphatic rings. The number of carbonyl (C=O) groups is 2. The molecule has 1 aliphatic heterocycles.